The minimum Gasteiger partial charge on any atom is -0.336 e. The van der Waals surface area contributed by atoms with Crippen molar-refractivity contribution in [1.82, 2.24) is 15.1 Å². The van der Waals surface area contributed by atoms with E-state index in [1.807, 2.05) is 0 Å². The number of amides is 3. The number of carbonyl (C=O) groups excluding carboxylic acids is 2. The average molecular weight is 425 g/mol. The van der Waals surface area contributed by atoms with E-state index in [2.05, 4.69) is 31.0 Å². The van der Waals surface area contributed by atoms with Gasteiger partial charge in [-0.3, -0.25) is 10.1 Å². The highest BCUT2D eigenvalue weighted by Crippen LogP contribution is 2.29. The largest absolute Gasteiger partial charge is 0.336 e. The second-order valence-corrected chi connectivity index (χ2v) is 9.74. The van der Waals surface area contributed by atoms with E-state index >= 15 is 0 Å². The van der Waals surface area contributed by atoms with Gasteiger partial charge >= 0.3 is 6.03 Å². The first-order valence-corrected chi connectivity index (χ1v) is 12.5. The summed E-state index contributed by atoms with van der Waals surface area (Å²) in [6, 6.07) is -0.736. The van der Waals surface area contributed by atoms with E-state index in [9.17, 15) is 9.59 Å². The summed E-state index contributed by atoms with van der Waals surface area (Å²) in [6.45, 7) is 7.46. The Bertz CT molecular complexity index is 567. The minimum absolute atomic E-state index is 0.214. The molecule has 29 heavy (non-hydrogen) atoms. The number of hydrogen-bond donors (Lipinski definition) is 1. The van der Waals surface area contributed by atoms with E-state index in [1.54, 1.807) is 23.7 Å². The van der Waals surface area contributed by atoms with Crippen LogP contribution in [0.1, 0.15) is 85.0 Å². The smallest absolute Gasteiger partial charge is 0.325 e. The molecule has 1 saturated heterocycles. The van der Waals surface area contributed by atoms with E-state index in [-0.39, 0.29) is 18.0 Å². The van der Waals surface area contributed by atoms with E-state index < -0.39 is 6.17 Å². The van der Waals surface area contributed by atoms with Gasteiger partial charge in [0.1, 0.15) is 0 Å². The molecule has 0 saturated carbocycles. The van der Waals surface area contributed by atoms with Gasteiger partial charge in [0.15, 0.2) is 17.4 Å². The van der Waals surface area contributed by atoms with Gasteiger partial charge in [0.05, 0.1) is 0 Å². The fourth-order valence-corrected chi connectivity index (χ4v) is 4.90. The predicted octanol–water partition coefficient (Wildman–Crippen LogP) is 4.84. The fourth-order valence-electron chi connectivity index (χ4n) is 3.87. The number of thioether (sulfide) groups is 1. The summed E-state index contributed by atoms with van der Waals surface area (Å²) in [4.78, 5) is 32.9. The highest BCUT2D eigenvalue weighted by atomic mass is 32.2. The number of imide groups is 1. The van der Waals surface area contributed by atoms with Gasteiger partial charge in [0.25, 0.3) is 5.91 Å². The molecule has 2 atom stereocenters. The summed E-state index contributed by atoms with van der Waals surface area (Å²) in [7, 11) is 1.72. The average Bonchev–Trinajstić information content (AvgIpc) is 3.05. The zero-order valence-corrected chi connectivity index (χ0v) is 19.6. The topological polar surface area (TPSA) is 65.0 Å². The van der Waals surface area contributed by atoms with E-state index in [4.69, 9.17) is 4.99 Å². The maximum atomic E-state index is 12.5. The Morgan fingerprint density at radius 2 is 1.59 bits per heavy atom. The number of rotatable bonds is 13. The minimum atomic E-state index is -0.394. The molecule has 0 aromatic heterocycles. The van der Waals surface area contributed by atoms with Crippen molar-refractivity contribution in [3.05, 3.63) is 0 Å². The molecule has 7 heteroatoms. The number of fused-ring (bicyclic) bond motifs is 1. The van der Waals surface area contributed by atoms with Gasteiger partial charge < -0.3 is 9.80 Å². The molecule has 1 fully saturated rings. The monoisotopic (exact) mass is 424 g/mol. The molecule has 0 aromatic carbocycles. The number of aliphatic imine (C=N–C) groups is 1. The van der Waals surface area contributed by atoms with Crippen LogP contribution in [0.3, 0.4) is 0 Å². The zero-order valence-electron chi connectivity index (χ0n) is 18.8. The predicted molar refractivity (Wildman–Crippen MR) is 122 cm³/mol. The van der Waals surface area contributed by atoms with Gasteiger partial charge in [-0.1, -0.05) is 90.3 Å². The molecule has 3 amide bonds. The van der Waals surface area contributed by atoms with Crippen molar-refractivity contribution in [2.24, 2.45) is 10.9 Å². The lowest BCUT2D eigenvalue weighted by atomic mass is 10.1. The first-order chi connectivity index (χ1) is 14.0. The van der Waals surface area contributed by atoms with E-state index in [1.165, 1.54) is 57.8 Å². The number of nitrogens with one attached hydrogen (secondary N) is 1. The molecular formula is C22H40N4O2S. The van der Waals surface area contributed by atoms with Crippen LogP contribution < -0.4 is 5.32 Å². The molecule has 0 bridgehead atoms. The van der Waals surface area contributed by atoms with Gasteiger partial charge in [-0.15, -0.1) is 0 Å². The van der Waals surface area contributed by atoms with E-state index in [0.717, 1.165) is 23.9 Å². The molecule has 2 unspecified atom stereocenters. The van der Waals surface area contributed by atoms with Crippen molar-refractivity contribution in [1.29, 1.82) is 0 Å². The van der Waals surface area contributed by atoms with E-state index in [0.29, 0.717) is 5.92 Å². The fraction of sp³-hybridized carbons (Fsp3) is 0.864. The van der Waals surface area contributed by atoms with Gasteiger partial charge in [0.2, 0.25) is 0 Å². The number of carbonyl (C=O) groups is 2. The third-order valence-corrected chi connectivity index (χ3v) is 7.05. The molecule has 1 N–H and O–H groups in total. The first kappa shape index (κ1) is 24.0. The number of urea groups is 1. The molecule has 0 aromatic rings. The van der Waals surface area contributed by atoms with Crippen molar-refractivity contribution < 1.29 is 9.59 Å². The Hall–Kier alpha value is -1.24. The van der Waals surface area contributed by atoms with Crippen LogP contribution in [-0.2, 0) is 4.79 Å². The van der Waals surface area contributed by atoms with Crippen LogP contribution in [0.5, 0.6) is 0 Å². The van der Waals surface area contributed by atoms with Gasteiger partial charge in [-0.2, -0.15) is 0 Å². The molecular weight excluding hydrogens is 384 g/mol. The van der Waals surface area contributed by atoms with Crippen LogP contribution in [0.4, 0.5) is 4.79 Å². The van der Waals surface area contributed by atoms with Crippen LogP contribution in [0.2, 0.25) is 0 Å². The molecule has 0 spiro atoms. The molecule has 2 rings (SSSR count). The van der Waals surface area contributed by atoms with Crippen LogP contribution >= 0.6 is 11.8 Å². The lowest BCUT2D eigenvalue weighted by molar-refractivity contribution is -0.127. The van der Waals surface area contributed by atoms with Crippen molar-refractivity contribution in [3.8, 4) is 0 Å². The summed E-state index contributed by atoms with van der Waals surface area (Å²) in [5.74, 6) is 1.30. The lowest BCUT2D eigenvalue weighted by Gasteiger charge is -2.36. The summed E-state index contributed by atoms with van der Waals surface area (Å²) < 4.78 is 0. The molecule has 2 aliphatic heterocycles. The molecule has 0 aliphatic carbocycles. The maximum Gasteiger partial charge on any atom is 0.325 e. The Kier molecular flexibility index (Phi) is 10.3. The van der Waals surface area contributed by atoms with Gasteiger partial charge in [-0.05, 0) is 12.3 Å². The SMILES string of the molecule is CCCCCCCCCCCCN1C(SCC(C)C)=NC2C1C(=O)NC(=O)N2C. The zero-order chi connectivity index (χ0) is 21.2. The van der Waals surface area contributed by atoms with Gasteiger partial charge in [-0.25, -0.2) is 9.79 Å². The first-order valence-electron chi connectivity index (χ1n) is 11.5. The quantitative estimate of drug-likeness (QED) is 0.430. The van der Waals surface area contributed by atoms with Crippen LogP contribution in [-0.4, -0.2) is 58.5 Å². The Morgan fingerprint density at radius 1 is 1.00 bits per heavy atom. The second kappa shape index (κ2) is 12.5. The van der Waals surface area contributed by atoms with Gasteiger partial charge in [0, 0.05) is 19.3 Å². The van der Waals surface area contributed by atoms with Crippen LogP contribution in [0.15, 0.2) is 4.99 Å². The molecule has 2 aliphatic rings. The number of hydrogen-bond acceptors (Lipinski definition) is 5. The van der Waals surface area contributed by atoms with Crippen molar-refractivity contribution in [3.63, 3.8) is 0 Å². The maximum absolute atomic E-state index is 12.5. The Morgan fingerprint density at radius 3 is 2.17 bits per heavy atom. The highest BCUT2D eigenvalue weighted by molar-refractivity contribution is 8.13. The van der Waals surface area contributed by atoms with Crippen molar-refractivity contribution in [2.75, 3.05) is 19.3 Å². The second-order valence-electron chi connectivity index (χ2n) is 8.76. The number of nitrogens with zero attached hydrogens (tertiary/aromatic N) is 3. The molecule has 6 nitrogen and oxygen atoms in total. The third kappa shape index (κ3) is 7.19. The van der Waals surface area contributed by atoms with Crippen LogP contribution in [0, 0.1) is 5.92 Å². The standard InChI is InChI=1S/C22H40N4O2S/c1-5-6-7-8-9-10-11-12-13-14-15-26-18-19(23-22(26)29-16-17(2)3)25(4)21(28)24-20(18)27/h17-19H,5-16H2,1-4H3,(H,24,27,28). The number of amidine groups is 1. The molecule has 0 radical (unpaired) electrons. The number of unbranched alkanes of at least 4 members (excludes halogenated alkanes) is 9. The van der Waals surface area contributed by atoms with Crippen LogP contribution in [0.25, 0.3) is 0 Å². The normalized spacial score (nSPS) is 21.6. The summed E-state index contributed by atoms with van der Waals surface area (Å²) in [5.41, 5.74) is 0. The lowest BCUT2D eigenvalue weighted by Crippen LogP contribution is -2.63. The molecule has 166 valence electrons. The Balaban J connectivity index is 1.79. The summed E-state index contributed by atoms with van der Waals surface area (Å²) in [5, 5.41) is 3.40. The number of likely N-dealkylation sites (N-methyl/N-ethyl adjacent to an activating group) is 1. The highest BCUT2D eigenvalue weighted by Gasteiger charge is 2.48. The van der Waals surface area contributed by atoms with Crippen molar-refractivity contribution in [2.45, 2.75) is 97.2 Å². The summed E-state index contributed by atoms with van der Waals surface area (Å²) >= 11 is 1.71. The third-order valence-electron chi connectivity index (χ3n) is 5.62. The molecule has 2 heterocycles. The Labute approximate surface area is 181 Å². The van der Waals surface area contributed by atoms with Crippen molar-refractivity contribution >= 4 is 28.9 Å². The summed E-state index contributed by atoms with van der Waals surface area (Å²) in [6.07, 6.45) is 12.5.